The molecule has 0 unspecified atom stereocenters. The van der Waals surface area contributed by atoms with Gasteiger partial charge in [0.25, 0.3) is 0 Å². The summed E-state index contributed by atoms with van der Waals surface area (Å²) in [5, 5.41) is 0. The van der Waals surface area contributed by atoms with Gasteiger partial charge in [-0.3, -0.25) is 19.4 Å². The zero-order valence-corrected chi connectivity index (χ0v) is 11.4. The number of nitrogens with zero attached hydrogens (tertiary/aromatic N) is 2. The zero-order chi connectivity index (χ0) is 15.2. The molecule has 5 nitrogen and oxygen atoms in total. The highest BCUT2D eigenvalue weighted by Crippen LogP contribution is 2.17. The summed E-state index contributed by atoms with van der Waals surface area (Å²) >= 11 is 0. The first-order valence-corrected chi connectivity index (χ1v) is 6.49. The molecule has 1 fully saturated rings. The summed E-state index contributed by atoms with van der Waals surface area (Å²) in [6.45, 7) is 2.37. The second kappa shape index (κ2) is 7.58. The fourth-order valence-electron chi connectivity index (χ4n) is 2.04. The molecule has 0 amide bonds. The molecule has 1 saturated heterocycles. The first-order chi connectivity index (χ1) is 9.30. The van der Waals surface area contributed by atoms with Gasteiger partial charge in [-0.1, -0.05) is 0 Å². The van der Waals surface area contributed by atoms with Crippen LogP contribution in [0.1, 0.15) is 13.3 Å². The molecule has 0 aromatic carbocycles. The quantitative estimate of drug-likeness (QED) is 0.533. The maximum absolute atomic E-state index is 12.2. The molecule has 0 spiro atoms. The van der Waals surface area contributed by atoms with Gasteiger partial charge < -0.3 is 4.74 Å². The van der Waals surface area contributed by atoms with Crippen molar-refractivity contribution in [3.63, 3.8) is 0 Å². The molecular weight excluding hydrogens is 277 g/mol. The number of ketones is 1. The van der Waals surface area contributed by atoms with Gasteiger partial charge in [-0.25, -0.2) is 0 Å². The summed E-state index contributed by atoms with van der Waals surface area (Å²) in [6.07, 6.45) is -4.47. The molecule has 0 atom stereocenters. The molecule has 0 N–H and O–H groups in total. The first kappa shape index (κ1) is 16.9. The van der Waals surface area contributed by atoms with Gasteiger partial charge in [0.15, 0.2) is 5.78 Å². The van der Waals surface area contributed by atoms with E-state index in [2.05, 4.69) is 4.74 Å². The third-order valence-electron chi connectivity index (χ3n) is 2.91. The van der Waals surface area contributed by atoms with Gasteiger partial charge in [0.1, 0.15) is 6.42 Å². The number of halogens is 3. The summed E-state index contributed by atoms with van der Waals surface area (Å²) in [5.41, 5.74) is 0. The number of esters is 1. The minimum absolute atomic E-state index is 0.0820. The topological polar surface area (TPSA) is 49.9 Å². The van der Waals surface area contributed by atoms with E-state index in [9.17, 15) is 22.8 Å². The third kappa shape index (κ3) is 6.85. The van der Waals surface area contributed by atoms with Gasteiger partial charge in [-0.15, -0.1) is 0 Å². The molecule has 1 rings (SSSR count). The van der Waals surface area contributed by atoms with E-state index in [1.54, 1.807) is 11.8 Å². The van der Waals surface area contributed by atoms with Crippen LogP contribution in [0.3, 0.4) is 0 Å². The van der Waals surface area contributed by atoms with E-state index in [1.165, 1.54) is 4.90 Å². The molecule has 0 aromatic heterocycles. The fraction of sp³-hybridized carbons (Fsp3) is 0.833. The summed E-state index contributed by atoms with van der Waals surface area (Å²) in [6, 6.07) is 0. The van der Waals surface area contributed by atoms with Gasteiger partial charge in [0.2, 0.25) is 0 Å². The van der Waals surface area contributed by atoms with Crippen molar-refractivity contribution in [3.05, 3.63) is 0 Å². The van der Waals surface area contributed by atoms with Crippen LogP contribution in [-0.2, 0) is 14.3 Å². The van der Waals surface area contributed by atoms with E-state index >= 15 is 0 Å². The Morgan fingerprint density at radius 1 is 1.10 bits per heavy atom. The molecule has 8 heteroatoms. The Balaban J connectivity index is 2.25. The van der Waals surface area contributed by atoms with Crippen LogP contribution in [0.25, 0.3) is 0 Å². The lowest BCUT2D eigenvalue weighted by Gasteiger charge is -2.34. The summed E-state index contributed by atoms with van der Waals surface area (Å²) in [4.78, 5) is 25.8. The molecule has 1 aliphatic heterocycles. The zero-order valence-electron chi connectivity index (χ0n) is 11.4. The van der Waals surface area contributed by atoms with Crippen molar-refractivity contribution < 1.29 is 27.5 Å². The van der Waals surface area contributed by atoms with Crippen LogP contribution in [0.15, 0.2) is 0 Å². The third-order valence-corrected chi connectivity index (χ3v) is 2.91. The molecule has 0 bridgehead atoms. The molecule has 1 aliphatic rings. The monoisotopic (exact) mass is 296 g/mol. The van der Waals surface area contributed by atoms with E-state index in [0.29, 0.717) is 13.1 Å². The largest absolute Gasteiger partial charge is 0.466 e. The highest BCUT2D eigenvalue weighted by atomic mass is 19.4. The van der Waals surface area contributed by atoms with Gasteiger partial charge in [0, 0.05) is 26.2 Å². The number of carbonyl (C=O) groups excluding carboxylic acids is 2. The lowest BCUT2D eigenvalue weighted by molar-refractivity contribution is -0.151. The maximum Gasteiger partial charge on any atom is 0.401 e. The Morgan fingerprint density at radius 3 is 2.15 bits per heavy atom. The summed E-state index contributed by atoms with van der Waals surface area (Å²) in [7, 11) is 0. The number of carbonyl (C=O) groups is 2. The lowest BCUT2D eigenvalue weighted by atomic mass is 10.2. The highest BCUT2D eigenvalue weighted by molar-refractivity contribution is 5.96. The smallest absolute Gasteiger partial charge is 0.401 e. The average Bonchev–Trinajstić information content (AvgIpc) is 2.30. The molecule has 1 heterocycles. The molecule has 0 aromatic rings. The van der Waals surface area contributed by atoms with E-state index in [4.69, 9.17) is 0 Å². The minimum atomic E-state index is -4.19. The summed E-state index contributed by atoms with van der Waals surface area (Å²) < 4.78 is 41.3. The van der Waals surface area contributed by atoms with Crippen LogP contribution < -0.4 is 0 Å². The van der Waals surface area contributed by atoms with Crippen LogP contribution in [-0.4, -0.2) is 73.6 Å². The Bertz CT molecular complexity index is 339. The molecular formula is C12H19F3N2O3. The molecule has 0 radical (unpaired) electrons. The number of hydrogen-bond acceptors (Lipinski definition) is 5. The van der Waals surface area contributed by atoms with Crippen molar-refractivity contribution in [2.24, 2.45) is 0 Å². The average molecular weight is 296 g/mol. The van der Waals surface area contributed by atoms with Crippen molar-refractivity contribution >= 4 is 11.8 Å². The number of Topliss-reactive ketones (excluding diaryl/α,β-unsaturated/α-hetero) is 1. The number of alkyl halides is 3. The first-order valence-electron chi connectivity index (χ1n) is 6.49. The van der Waals surface area contributed by atoms with Gasteiger partial charge in [0.05, 0.1) is 19.7 Å². The molecule has 116 valence electrons. The van der Waals surface area contributed by atoms with Crippen LogP contribution in [0.2, 0.25) is 0 Å². The van der Waals surface area contributed by atoms with Gasteiger partial charge >= 0.3 is 12.1 Å². The summed E-state index contributed by atoms with van der Waals surface area (Å²) in [5.74, 6) is -0.832. The Hall–Kier alpha value is -1.15. The van der Waals surface area contributed by atoms with Crippen LogP contribution >= 0.6 is 0 Å². The second-order valence-electron chi connectivity index (χ2n) is 4.69. The fourth-order valence-corrected chi connectivity index (χ4v) is 2.04. The Morgan fingerprint density at radius 2 is 1.65 bits per heavy atom. The highest BCUT2D eigenvalue weighted by Gasteiger charge is 2.32. The van der Waals surface area contributed by atoms with E-state index in [1.807, 2.05) is 0 Å². The normalized spacial score (nSPS) is 18.0. The predicted octanol–water partition coefficient (Wildman–Crippen LogP) is 0.689. The van der Waals surface area contributed by atoms with Crippen molar-refractivity contribution in [1.29, 1.82) is 0 Å². The number of ether oxygens (including phenoxy) is 1. The van der Waals surface area contributed by atoms with Gasteiger partial charge in [-0.2, -0.15) is 13.2 Å². The Labute approximate surface area is 115 Å². The van der Waals surface area contributed by atoms with Crippen LogP contribution in [0.5, 0.6) is 0 Å². The SMILES string of the molecule is CCOC(=O)CC(=O)CN1CCN(CC(F)(F)F)CC1. The van der Waals surface area contributed by atoms with Crippen molar-refractivity contribution in [2.45, 2.75) is 19.5 Å². The van der Waals surface area contributed by atoms with E-state index in [-0.39, 0.29) is 38.4 Å². The molecule has 0 saturated carbocycles. The maximum atomic E-state index is 12.2. The van der Waals surface area contributed by atoms with E-state index in [0.717, 1.165) is 0 Å². The lowest BCUT2D eigenvalue weighted by Crippen LogP contribution is -2.50. The number of hydrogen-bond donors (Lipinski definition) is 0. The predicted molar refractivity (Wildman–Crippen MR) is 65.2 cm³/mol. The second-order valence-corrected chi connectivity index (χ2v) is 4.69. The minimum Gasteiger partial charge on any atom is -0.466 e. The van der Waals surface area contributed by atoms with Crippen LogP contribution in [0, 0.1) is 0 Å². The molecule has 20 heavy (non-hydrogen) atoms. The van der Waals surface area contributed by atoms with E-state index < -0.39 is 18.7 Å². The molecule has 0 aliphatic carbocycles. The standard InChI is InChI=1S/C12H19F3N2O3/c1-2-20-11(19)7-10(18)8-16-3-5-17(6-4-16)9-12(13,14)15/h2-9H2,1H3. The Kier molecular flexibility index (Phi) is 6.41. The number of piperazine rings is 1. The van der Waals surface area contributed by atoms with Crippen molar-refractivity contribution in [3.8, 4) is 0 Å². The van der Waals surface area contributed by atoms with Crippen molar-refractivity contribution in [2.75, 3.05) is 45.9 Å². The van der Waals surface area contributed by atoms with Crippen molar-refractivity contribution in [1.82, 2.24) is 9.80 Å². The van der Waals surface area contributed by atoms with Gasteiger partial charge in [-0.05, 0) is 6.92 Å². The number of rotatable bonds is 6. The van der Waals surface area contributed by atoms with Crippen LogP contribution in [0.4, 0.5) is 13.2 Å².